The van der Waals surface area contributed by atoms with Crippen LogP contribution in [0.25, 0.3) is 0 Å². The van der Waals surface area contributed by atoms with E-state index in [2.05, 4.69) is 31.1 Å². The van der Waals surface area contributed by atoms with Crippen LogP contribution in [0.1, 0.15) is 48.2 Å². The molecule has 2 aliphatic heterocycles. The average molecular weight is 396 g/mol. The van der Waals surface area contributed by atoms with Crippen molar-refractivity contribution in [1.29, 1.82) is 0 Å². The number of carbonyl (C=O) groups is 1. The van der Waals surface area contributed by atoms with Gasteiger partial charge in [-0.1, -0.05) is 12.5 Å². The van der Waals surface area contributed by atoms with Crippen molar-refractivity contribution in [3.05, 3.63) is 28.0 Å². The van der Waals surface area contributed by atoms with Crippen LogP contribution in [-0.2, 0) is 4.74 Å². The van der Waals surface area contributed by atoms with Gasteiger partial charge in [0.05, 0.1) is 0 Å². The highest BCUT2D eigenvalue weighted by Gasteiger charge is 2.39. The van der Waals surface area contributed by atoms with Crippen LogP contribution in [0.4, 0.5) is 0 Å². The third-order valence-corrected chi connectivity index (χ3v) is 5.75. The number of likely N-dealkylation sites (tertiary alicyclic amines) is 1. The van der Waals surface area contributed by atoms with E-state index in [1.165, 1.54) is 19.3 Å². The zero-order valence-electron chi connectivity index (χ0n) is 14.3. The molecule has 1 aromatic heterocycles. The quantitative estimate of drug-likeness (QED) is 0.796. The van der Waals surface area contributed by atoms with Crippen LogP contribution >= 0.6 is 15.9 Å². The van der Waals surface area contributed by atoms with Crippen LogP contribution in [0.3, 0.4) is 0 Å². The summed E-state index contributed by atoms with van der Waals surface area (Å²) in [5, 5.41) is 3.16. The van der Waals surface area contributed by atoms with Gasteiger partial charge in [-0.3, -0.25) is 9.69 Å². The third kappa shape index (κ3) is 3.98. The molecule has 0 aliphatic carbocycles. The molecule has 5 nitrogen and oxygen atoms in total. The molecule has 3 heterocycles. The van der Waals surface area contributed by atoms with E-state index in [4.69, 9.17) is 4.74 Å². The monoisotopic (exact) mass is 395 g/mol. The molecule has 1 amide bonds. The van der Waals surface area contributed by atoms with Crippen molar-refractivity contribution in [1.82, 2.24) is 15.2 Å². The molecule has 1 N–H and O–H groups in total. The Labute approximate surface area is 152 Å². The highest BCUT2D eigenvalue weighted by Crippen LogP contribution is 2.30. The molecule has 0 atom stereocenters. The molecule has 1 aromatic rings. The second kappa shape index (κ2) is 7.93. The summed E-state index contributed by atoms with van der Waals surface area (Å²) in [5.41, 5.74) is 1.44. The molecule has 2 fully saturated rings. The van der Waals surface area contributed by atoms with Crippen molar-refractivity contribution in [2.75, 3.05) is 32.8 Å². The molecule has 24 heavy (non-hydrogen) atoms. The van der Waals surface area contributed by atoms with E-state index in [1.807, 2.05) is 19.1 Å². The van der Waals surface area contributed by atoms with Gasteiger partial charge in [-0.2, -0.15) is 0 Å². The van der Waals surface area contributed by atoms with Crippen molar-refractivity contribution < 1.29 is 9.53 Å². The summed E-state index contributed by atoms with van der Waals surface area (Å²) in [5.74, 6) is -0.0864. The maximum atomic E-state index is 12.6. The van der Waals surface area contributed by atoms with E-state index in [1.54, 1.807) is 0 Å². The SMILES string of the molecule is Cc1ccc(Br)nc1C(=O)NCC1(N2CCCCC2)CCOCC1. The molecule has 0 radical (unpaired) electrons. The van der Waals surface area contributed by atoms with Crippen molar-refractivity contribution >= 4 is 21.8 Å². The number of aryl methyl sites for hydroxylation is 1. The first-order chi connectivity index (χ1) is 11.6. The number of nitrogens with one attached hydrogen (secondary N) is 1. The van der Waals surface area contributed by atoms with E-state index in [0.717, 1.165) is 44.7 Å². The Balaban J connectivity index is 1.71. The molecule has 2 aliphatic rings. The van der Waals surface area contributed by atoms with Crippen molar-refractivity contribution in [3.63, 3.8) is 0 Å². The fourth-order valence-corrected chi connectivity index (χ4v) is 4.10. The molecule has 6 heteroatoms. The van der Waals surface area contributed by atoms with E-state index >= 15 is 0 Å². The lowest BCUT2D eigenvalue weighted by molar-refractivity contribution is -0.0349. The predicted octanol–water partition coefficient (Wildman–Crippen LogP) is 2.92. The lowest BCUT2D eigenvalue weighted by atomic mass is 9.86. The first kappa shape index (κ1) is 17.8. The number of amides is 1. The van der Waals surface area contributed by atoms with Gasteiger partial charge in [-0.05, 0) is 73.3 Å². The van der Waals surface area contributed by atoms with Gasteiger partial charge in [-0.25, -0.2) is 4.98 Å². The van der Waals surface area contributed by atoms with Gasteiger partial charge in [-0.15, -0.1) is 0 Å². The number of halogens is 1. The minimum Gasteiger partial charge on any atom is -0.381 e. The molecule has 132 valence electrons. The van der Waals surface area contributed by atoms with Gasteiger partial charge < -0.3 is 10.1 Å². The number of aromatic nitrogens is 1. The van der Waals surface area contributed by atoms with Gasteiger partial charge in [0.1, 0.15) is 10.3 Å². The predicted molar refractivity (Wildman–Crippen MR) is 97.2 cm³/mol. The Morgan fingerprint density at radius 2 is 2.00 bits per heavy atom. The second-order valence-electron chi connectivity index (χ2n) is 6.87. The summed E-state index contributed by atoms with van der Waals surface area (Å²) in [4.78, 5) is 19.6. The number of carbonyl (C=O) groups excluding carboxylic acids is 1. The summed E-state index contributed by atoms with van der Waals surface area (Å²) < 4.78 is 6.27. The van der Waals surface area contributed by atoms with Crippen LogP contribution in [0.5, 0.6) is 0 Å². The summed E-state index contributed by atoms with van der Waals surface area (Å²) in [6, 6.07) is 3.78. The number of ether oxygens (including phenoxy) is 1. The maximum absolute atomic E-state index is 12.6. The Morgan fingerprint density at radius 1 is 1.29 bits per heavy atom. The zero-order valence-corrected chi connectivity index (χ0v) is 15.9. The highest BCUT2D eigenvalue weighted by molar-refractivity contribution is 9.10. The molecule has 2 saturated heterocycles. The fraction of sp³-hybridized carbons (Fsp3) is 0.667. The number of nitrogens with zero attached hydrogens (tertiary/aromatic N) is 2. The van der Waals surface area contributed by atoms with Crippen molar-refractivity contribution in [3.8, 4) is 0 Å². The molecule has 0 saturated carbocycles. The Kier molecular flexibility index (Phi) is 5.89. The standard InChI is InChI=1S/C18H26BrN3O2/c1-14-5-6-15(19)21-16(14)17(23)20-13-18(7-11-24-12-8-18)22-9-3-2-4-10-22/h5-6H,2-4,7-13H2,1H3,(H,20,23). The number of hydrogen-bond donors (Lipinski definition) is 1. The number of piperidine rings is 1. The first-order valence-corrected chi connectivity index (χ1v) is 9.64. The molecule has 0 unspecified atom stereocenters. The summed E-state index contributed by atoms with van der Waals surface area (Å²) >= 11 is 3.35. The van der Waals surface area contributed by atoms with Crippen LogP contribution in [0.15, 0.2) is 16.7 Å². The van der Waals surface area contributed by atoms with E-state index in [-0.39, 0.29) is 11.4 Å². The van der Waals surface area contributed by atoms with Crippen LogP contribution < -0.4 is 5.32 Å². The minimum atomic E-state index is -0.0864. The van der Waals surface area contributed by atoms with Gasteiger partial charge in [0, 0.05) is 25.3 Å². The molecule has 0 aromatic carbocycles. The Hall–Kier alpha value is -0.980. The number of pyridine rings is 1. The largest absolute Gasteiger partial charge is 0.381 e. The summed E-state index contributed by atoms with van der Waals surface area (Å²) in [7, 11) is 0. The fourth-order valence-electron chi connectivity index (χ4n) is 3.79. The smallest absolute Gasteiger partial charge is 0.270 e. The van der Waals surface area contributed by atoms with Crippen LogP contribution in [-0.4, -0.2) is 54.2 Å². The van der Waals surface area contributed by atoms with E-state index in [9.17, 15) is 4.79 Å². The van der Waals surface area contributed by atoms with Crippen LogP contribution in [0, 0.1) is 6.92 Å². The number of hydrogen-bond acceptors (Lipinski definition) is 4. The highest BCUT2D eigenvalue weighted by atomic mass is 79.9. The maximum Gasteiger partial charge on any atom is 0.270 e. The Morgan fingerprint density at radius 3 is 2.71 bits per heavy atom. The topological polar surface area (TPSA) is 54.5 Å². The molecule has 0 spiro atoms. The van der Waals surface area contributed by atoms with Gasteiger partial charge in [0.2, 0.25) is 0 Å². The van der Waals surface area contributed by atoms with E-state index < -0.39 is 0 Å². The zero-order chi connectivity index (χ0) is 17.0. The summed E-state index contributed by atoms with van der Waals surface area (Å²) in [6.07, 6.45) is 5.79. The molecular formula is C18H26BrN3O2. The van der Waals surface area contributed by atoms with E-state index in [0.29, 0.717) is 16.8 Å². The van der Waals surface area contributed by atoms with Gasteiger partial charge in [0.15, 0.2) is 0 Å². The molecule has 0 bridgehead atoms. The lowest BCUT2D eigenvalue weighted by Gasteiger charge is -2.48. The second-order valence-corrected chi connectivity index (χ2v) is 7.68. The van der Waals surface area contributed by atoms with Gasteiger partial charge in [0.25, 0.3) is 5.91 Å². The normalized spacial score (nSPS) is 21.4. The summed E-state index contributed by atoms with van der Waals surface area (Å²) in [6.45, 7) is 6.40. The lowest BCUT2D eigenvalue weighted by Crippen LogP contribution is -2.59. The van der Waals surface area contributed by atoms with Crippen LogP contribution in [0.2, 0.25) is 0 Å². The molecular weight excluding hydrogens is 370 g/mol. The third-order valence-electron chi connectivity index (χ3n) is 5.31. The average Bonchev–Trinajstić information content (AvgIpc) is 2.63. The molecule has 3 rings (SSSR count). The first-order valence-electron chi connectivity index (χ1n) is 8.85. The van der Waals surface area contributed by atoms with Crippen molar-refractivity contribution in [2.24, 2.45) is 0 Å². The number of rotatable bonds is 4. The minimum absolute atomic E-state index is 0.0360. The van der Waals surface area contributed by atoms with Crippen molar-refractivity contribution in [2.45, 2.75) is 44.6 Å². The Bertz CT molecular complexity index is 582. The van der Waals surface area contributed by atoms with Gasteiger partial charge >= 0.3 is 0 Å².